The van der Waals surface area contributed by atoms with Gasteiger partial charge in [-0.3, -0.25) is 9.59 Å². The van der Waals surface area contributed by atoms with E-state index in [1.54, 1.807) is 44.6 Å². The molecule has 1 fully saturated rings. The minimum absolute atomic E-state index is 0.0194. The van der Waals surface area contributed by atoms with Crippen molar-refractivity contribution in [1.82, 2.24) is 10.2 Å². The van der Waals surface area contributed by atoms with Crippen LogP contribution in [0.4, 0.5) is 0 Å². The van der Waals surface area contributed by atoms with E-state index in [-0.39, 0.29) is 11.8 Å². The van der Waals surface area contributed by atoms with Gasteiger partial charge in [0.25, 0.3) is 11.8 Å². The number of carbonyl (C=O) groups is 2. The lowest BCUT2D eigenvalue weighted by molar-refractivity contribution is 0.0683. The van der Waals surface area contributed by atoms with Gasteiger partial charge in [-0.2, -0.15) is 0 Å². The maximum atomic E-state index is 12.7. The van der Waals surface area contributed by atoms with Gasteiger partial charge in [0.05, 0.1) is 20.5 Å². The first-order valence-electron chi connectivity index (χ1n) is 8.95. The van der Waals surface area contributed by atoms with Gasteiger partial charge in [0.1, 0.15) is 0 Å². The maximum Gasteiger partial charge on any atom is 0.286 e. The molecular formula is C20H24N2O5. The highest BCUT2D eigenvalue weighted by molar-refractivity contribution is 5.95. The van der Waals surface area contributed by atoms with Crippen LogP contribution in [0.2, 0.25) is 0 Å². The van der Waals surface area contributed by atoms with Gasteiger partial charge in [0.15, 0.2) is 17.3 Å². The maximum absolute atomic E-state index is 12.7. The molecular weight excluding hydrogens is 348 g/mol. The third-order valence-corrected chi connectivity index (χ3v) is 4.83. The first-order valence-corrected chi connectivity index (χ1v) is 8.95. The molecule has 2 heterocycles. The van der Waals surface area contributed by atoms with Crippen LogP contribution in [0.1, 0.15) is 33.8 Å². The number of hydrogen-bond acceptors (Lipinski definition) is 5. The van der Waals surface area contributed by atoms with Crippen molar-refractivity contribution in [1.29, 1.82) is 0 Å². The number of nitrogens with zero attached hydrogens (tertiary/aromatic N) is 1. The summed E-state index contributed by atoms with van der Waals surface area (Å²) in [7, 11) is 3.11. The fourth-order valence-electron chi connectivity index (χ4n) is 3.22. The number of benzene rings is 1. The third-order valence-electron chi connectivity index (χ3n) is 4.83. The monoisotopic (exact) mass is 372 g/mol. The standard InChI is InChI=1S/C20H24N2O5/c1-25-16-6-5-15(12-18(16)26-2)20(24)22-9-7-14(8-10-22)13-21-19(23)17-4-3-11-27-17/h3-6,11-12,14H,7-10,13H2,1-2H3,(H,21,23). The van der Waals surface area contributed by atoms with E-state index in [1.807, 2.05) is 4.90 Å². The molecule has 0 saturated carbocycles. The zero-order valence-electron chi connectivity index (χ0n) is 15.6. The molecule has 0 aliphatic carbocycles. The molecule has 2 amide bonds. The smallest absolute Gasteiger partial charge is 0.286 e. The molecule has 1 aromatic carbocycles. The summed E-state index contributed by atoms with van der Waals surface area (Å²) in [5.41, 5.74) is 0.581. The van der Waals surface area contributed by atoms with Crippen molar-refractivity contribution in [2.75, 3.05) is 33.9 Å². The quantitative estimate of drug-likeness (QED) is 0.843. The highest BCUT2D eigenvalue weighted by Crippen LogP contribution is 2.28. The fourth-order valence-corrected chi connectivity index (χ4v) is 3.22. The molecule has 1 saturated heterocycles. The molecule has 1 aliphatic heterocycles. The van der Waals surface area contributed by atoms with Gasteiger partial charge in [0.2, 0.25) is 0 Å². The lowest BCUT2D eigenvalue weighted by atomic mass is 9.96. The molecule has 7 heteroatoms. The fraction of sp³-hybridized carbons (Fsp3) is 0.400. The van der Waals surface area contributed by atoms with Gasteiger partial charge < -0.3 is 24.1 Å². The number of amides is 2. The van der Waals surface area contributed by atoms with E-state index >= 15 is 0 Å². The number of likely N-dealkylation sites (tertiary alicyclic amines) is 1. The van der Waals surface area contributed by atoms with Crippen molar-refractivity contribution in [3.8, 4) is 11.5 Å². The average Bonchev–Trinajstić information content (AvgIpc) is 3.26. The molecule has 0 bridgehead atoms. The summed E-state index contributed by atoms with van der Waals surface area (Å²) >= 11 is 0. The Labute approximate surface area is 158 Å². The highest BCUT2D eigenvalue weighted by Gasteiger charge is 2.25. The predicted octanol–water partition coefficient (Wildman–Crippen LogP) is 2.58. The first kappa shape index (κ1) is 18.8. The number of methoxy groups -OCH3 is 2. The van der Waals surface area contributed by atoms with E-state index in [9.17, 15) is 9.59 Å². The van der Waals surface area contributed by atoms with Crippen molar-refractivity contribution < 1.29 is 23.5 Å². The Morgan fingerprint density at radius 2 is 1.89 bits per heavy atom. The van der Waals surface area contributed by atoms with Crippen molar-refractivity contribution in [2.45, 2.75) is 12.8 Å². The van der Waals surface area contributed by atoms with Crippen LogP contribution in [-0.4, -0.2) is 50.6 Å². The topological polar surface area (TPSA) is 81.0 Å². The van der Waals surface area contributed by atoms with E-state index in [0.717, 1.165) is 12.8 Å². The first-order chi connectivity index (χ1) is 13.1. The van der Waals surface area contributed by atoms with E-state index in [4.69, 9.17) is 13.9 Å². The molecule has 0 atom stereocenters. The second kappa shape index (κ2) is 8.62. The summed E-state index contributed by atoms with van der Waals surface area (Å²) in [6, 6.07) is 8.52. The number of rotatable bonds is 6. The molecule has 2 aromatic rings. The van der Waals surface area contributed by atoms with Gasteiger partial charge in [-0.25, -0.2) is 0 Å². The van der Waals surface area contributed by atoms with Crippen LogP contribution in [0.3, 0.4) is 0 Å². The number of carbonyl (C=O) groups excluding carboxylic acids is 2. The molecule has 0 spiro atoms. The average molecular weight is 372 g/mol. The Hall–Kier alpha value is -2.96. The van der Waals surface area contributed by atoms with Crippen LogP contribution in [-0.2, 0) is 0 Å². The summed E-state index contributed by atoms with van der Waals surface area (Å²) < 4.78 is 15.6. The van der Waals surface area contributed by atoms with Crippen LogP contribution >= 0.6 is 0 Å². The lowest BCUT2D eigenvalue weighted by Gasteiger charge is -2.32. The zero-order valence-corrected chi connectivity index (χ0v) is 15.6. The van der Waals surface area contributed by atoms with Gasteiger partial charge in [0, 0.05) is 25.2 Å². The zero-order chi connectivity index (χ0) is 19.2. The third kappa shape index (κ3) is 4.42. The summed E-state index contributed by atoms with van der Waals surface area (Å²) in [6.07, 6.45) is 3.17. The molecule has 144 valence electrons. The Kier molecular flexibility index (Phi) is 6.01. The van der Waals surface area contributed by atoms with E-state index in [0.29, 0.717) is 48.4 Å². The SMILES string of the molecule is COc1ccc(C(=O)N2CCC(CNC(=O)c3ccco3)CC2)cc1OC. The molecule has 0 unspecified atom stereocenters. The van der Waals surface area contributed by atoms with Crippen molar-refractivity contribution in [3.63, 3.8) is 0 Å². The molecule has 1 aliphatic rings. The Balaban J connectivity index is 1.51. The molecule has 0 radical (unpaired) electrons. The summed E-state index contributed by atoms with van der Waals surface area (Å²) in [5, 5.41) is 2.89. The van der Waals surface area contributed by atoms with E-state index < -0.39 is 0 Å². The normalized spacial score (nSPS) is 14.7. The Bertz CT molecular complexity index is 780. The van der Waals surface area contributed by atoms with Crippen LogP contribution in [0, 0.1) is 5.92 Å². The Morgan fingerprint density at radius 3 is 2.52 bits per heavy atom. The minimum atomic E-state index is -0.205. The molecule has 3 rings (SSSR count). The lowest BCUT2D eigenvalue weighted by Crippen LogP contribution is -2.41. The Morgan fingerprint density at radius 1 is 1.15 bits per heavy atom. The van der Waals surface area contributed by atoms with Crippen LogP contribution in [0.15, 0.2) is 41.0 Å². The number of furan rings is 1. The number of nitrogens with one attached hydrogen (secondary N) is 1. The molecule has 1 N–H and O–H groups in total. The largest absolute Gasteiger partial charge is 0.493 e. The van der Waals surface area contributed by atoms with E-state index in [2.05, 4.69) is 5.32 Å². The van der Waals surface area contributed by atoms with E-state index in [1.165, 1.54) is 6.26 Å². The molecule has 27 heavy (non-hydrogen) atoms. The van der Waals surface area contributed by atoms with Crippen molar-refractivity contribution >= 4 is 11.8 Å². The summed E-state index contributed by atoms with van der Waals surface area (Å²) in [6.45, 7) is 1.90. The van der Waals surface area contributed by atoms with Crippen LogP contribution in [0.25, 0.3) is 0 Å². The molecule has 1 aromatic heterocycles. The molecule has 7 nitrogen and oxygen atoms in total. The van der Waals surface area contributed by atoms with Gasteiger partial charge in [-0.05, 0) is 49.1 Å². The van der Waals surface area contributed by atoms with Gasteiger partial charge in [-0.15, -0.1) is 0 Å². The summed E-state index contributed by atoms with van der Waals surface area (Å²) in [5.74, 6) is 1.58. The van der Waals surface area contributed by atoms with Crippen molar-refractivity contribution in [2.24, 2.45) is 5.92 Å². The van der Waals surface area contributed by atoms with Crippen molar-refractivity contribution in [3.05, 3.63) is 47.9 Å². The second-order valence-electron chi connectivity index (χ2n) is 6.49. The number of hydrogen-bond donors (Lipinski definition) is 1. The second-order valence-corrected chi connectivity index (χ2v) is 6.49. The van der Waals surface area contributed by atoms with Gasteiger partial charge >= 0.3 is 0 Å². The van der Waals surface area contributed by atoms with Gasteiger partial charge in [-0.1, -0.05) is 0 Å². The van der Waals surface area contributed by atoms with Crippen LogP contribution < -0.4 is 14.8 Å². The highest BCUT2D eigenvalue weighted by atomic mass is 16.5. The summed E-state index contributed by atoms with van der Waals surface area (Å²) in [4.78, 5) is 26.5. The van der Waals surface area contributed by atoms with Crippen LogP contribution in [0.5, 0.6) is 11.5 Å². The number of piperidine rings is 1. The number of ether oxygens (including phenoxy) is 2. The minimum Gasteiger partial charge on any atom is -0.493 e. The predicted molar refractivity (Wildman–Crippen MR) is 99.2 cm³/mol.